The molecule has 2 aromatic carbocycles. The van der Waals surface area contributed by atoms with Crippen LogP contribution in [-0.4, -0.2) is 32.6 Å². The fraction of sp³-hybridized carbons (Fsp3) is 0.308. The van der Waals surface area contributed by atoms with Crippen molar-refractivity contribution < 1.29 is 5.11 Å². The summed E-state index contributed by atoms with van der Waals surface area (Å²) in [4.78, 5) is 23.7. The molecule has 0 saturated carbocycles. The predicted octanol–water partition coefficient (Wildman–Crippen LogP) is 4.98. The first-order chi connectivity index (χ1) is 15.4. The highest BCUT2D eigenvalue weighted by Crippen LogP contribution is 2.32. The first-order valence-corrected chi connectivity index (χ1v) is 11.8. The van der Waals surface area contributed by atoms with Gasteiger partial charge >= 0.3 is 0 Å². The largest absolute Gasteiger partial charge is 0.392 e. The first kappa shape index (κ1) is 22.4. The Morgan fingerprint density at radius 2 is 1.75 bits per heavy atom. The Kier molecular flexibility index (Phi) is 6.84. The molecule has 0 saturated heterocycles. The van der Waals surface area contributed by atoms with Crippen LogP contribution in [0.15, 0.2) is 64.8 Å². The van der Waals surface area contributed by atoms with Gasteiger partial charge in [0.15, 0.2) is 0 Å². The van der Waals surface area contributed by atoms with Crippen molar-refractivity contribution in [3.05, 3.63) is 87.3 Å². The van der Waals surface area contributed by atoms with Gasteiger partial charge < -0.3 is 10.1 Å². The van der Waals surface area contributed by atoms with E-state index < -0.39 is 6.10 Å². The SMILES string of the molecule is Cc1ccccc1-c1csc2nc(CN(Cc3ccccc3)CC(O)C(C)C)[nH]c(=O)c12. The third-order valence-corrected chi connectivity index (χ3v) is 6.64. The number of aliphatic hydroxyl groups is 1. The van der Waals surface area contributed by atoms with E-state index in [2.05, 4.69) is 35.0 Å². The van der Waals surface area contributed by atoms with E-state index in [9.17, 15) is 9.90 Å². The lowest BCUT2D eigenvalue weighted by atomic mass is 10.0. The van der Waals surface area contributed by atoms with Crippen LogP contribution in [0.3, 0.4) is 0 Å². The summed E-state index contributed by atoms with van der Waals surface area (Å²) in [5.74, 6) is 0.768. The zero-order valence-corrected chi connectivity index (χ0v) is 19.5. The van der Waals surface area contributed by atoms with E-state index in [4.69, 9.17) is 4.98 Å². The van der Waals surface area contributed by atoms with Crippen molar-refractivity contribution >= 4 is 21.6 Å². The molecule has 0 fully saturated rings. The molecule has 2 heterocycles. The number of benzene rings is 2. The molecule has 2 aromatic heterocycles. The summed E-state index contributed by atoms with van der Waals surface area (Å²) in [5, 5.41) is 13.2. The highest BCUT2D eigenvalue weighted by Gasteiger charge is 2.19. The molecule has 166 valence electrons. The molecule has 0 aliphatic rings. The molecule has 0 amide bonds. The maximum absolute atomic E-state index is 13.1. The van der Waals surface area contributed by atoms with E-state index in [-0.39, 0.29) is 11.5 Å². The standard InChI is InChI=1S/C26H29N3O2S/c1-17(2)22(30)14-29(13-19-10-5-4-6-11-19)15-23-27-25(31)24-21(16-32-26(24)28-23)20-12-8-7-9-18(20)3/h4-12,16-17,22,30H,13-15H2,1-3H3,(H,27,28,31). The van der Waals surface area contributed by atoms with Crippen molar-refractivity contribution in [2.24, 2.45) is 5.92 Å². The number of hydrogen-bond acceptors (Lipinski definition) is 5. The van der Waals surface area contributed by atoms with E-state index in [1.165, 1.54) is 11.3 Å². The number of H-pyrrole nitrogens is 1. The molecular formula is C26H29N3O2S. The van der Waals surface area contributed by atoms with Crippen LogP contribution >= 0.6 is 11.3 Å². The van der Waals surface area contributed by atoms with Crippen LogP contribution in [0.2, 0.25) is 0 Å². The minimum absolute atomic E-state index is 0.117. The van der Waals surface area contributed by atoms with Crippen LogP contribution in [0.1, 0.15) is 30.8 Å². The van der Waals surface area contributed by atoms with Crippen molar-refractivity contribution in [2.75, 3.05) is 6.54 Å². The van der Waals surface area contributed by atoms with Gasteiger partial charge in [-0.25, -0.2) is 4.98 Å². The van der Waals surface area contributed by atoms with Gasteiger partial charge in [-0.05, 0) is 29.5 Å². The molecule has 0 bridgehead atoms. The summed E-state index contributed by atoms with van der Waals surface area (Å²) >= 11 is 1.50. The second kappa shape index (κ2) is 9.77. The van der Waals surface area contributed by atoms with E-state index in [1.807, 2.05) is 55.6 Å². The third-order valence-electron chi connectivity index (χ3n) is 5.77. The molecule has 0 radical (unpaired) electrons. The van der Waals surface area contributed by atoms with Crippen LogP contribution in [0.4, 0.5) is 0 Å². The fourth-order valence-electron chi connectivity index (χ4n) is 3.86. The van der Waals surface area contributed by atoms with Crippen LogP contribution in [0.5, 0.6) is 0 Å². The minimum Gasteiger partial charge on any atom is -0.392 e. The average Bonchev–Trinajstić information content (AvgIpc) is 3.19. The van der Waals surface area contributed by atoms with Crippen molar-refractivity contribution in [2.45, 2.75) is 40.0 Å². The average molecular weight is 448 g/mol. The molecule has 0 spiro atoms. The number of rotatable bonds is 8. The van der Waals surface area contributed by atoms with E-state index in [0.29, 0.717) is 30.8 Å². The number of fused-ring (bicyclic) bond motifs is 1. The van der Waals surface area contributed by atoms with Crippen molar-refractivity contribution in [1.29, 1.82) is 0 Å². The fourth-order valence-corrected chi connectivity index (χ4v) is 4.81. The van der Waals surface area contributed by atoms with Gasteiger partial charge in [0.25, 0.3) is 5.56 Å². The lowest BCUT2D eigenvalue weighted by Gasteiger charge is -2.26. The monoisotopic (exact) mass is 447 g/mol. The molecule has 1 unspecified atom stereocenters. The van der Waals surface area contributed by atoms with Crippen molar-refractivity contribution in [3.63, 3.8) is 0 Å². The molecule has 0 aliphatic carbocycles. The Hall–Kier alpha value is -2.80. The lowest BCUT2D eigenvalue weighted by molar-refractivity contribution is 0.0689. The normalized spacial score (nSPS) is 12.7. The third kappa shape index (κ3) is 4.99. The molecule has 0 aliphatic heterocycles. The maximum Gasteiger partial charge on any atom is 0.260 e. The minimum atomic E-state index is -0.455. The Balaban J connectivity index is 1.65. The molecule has 4 rings (SSSR count). The Morgan fingerprint density at radius 3 is 2.47 bits per heavy atom. The molecule has 1 atom stereocenters. The van der Waals surface area contributed by atoms with Gasteiger partial charge in [-0.15, -0.1) is 11.3 Å². The Labute approximate surface area is 192 Å². The van der Waals surface area contributed by atoms with Gasteiger partial charge in [0.1, 0.15) is 10.7 Å². The van der Waals surface area contributed by atoms with Crippen molar-refractivity contribution in [1.82, 2.24) is 14.9 Å². The lowest BCUT2D eigenvalue weighted by Crippen LogP contribution is -2.35. The van der Waals surface area contributed by atoms with E-state index in [1.54, 1.807) is 0 Å². The van der Waals surface area contributed by atoms with Gasteiger partial charge in [0.2, 0.25) is 0 Å². The number of nitrogens with zero attached hydrogens (tertiary/aromatic N) is 2. The highest BCUT2D eigenvalue weighted by molar-refractivity contribution is 7.17. The number of aromatic amines is 1. The summed E-state index contributed by atoms with van der Waals surface area (Å²) in [6.07, 6.45) is -0.455. The molecule has 6 heteroatoms. The predicted molar refractivity (Wildman–Crippen MR) is 132 cm³/mol. The topological polar surface area (TPSA) is 69.2 Å². The van der Waals surface area contributed by atoms with Crippen molar-refractivity contribution in [3.8, 4) is 11.1 Å². The smallest absolute Gasteiger partial charge is 0.260 e. The second-order valence-electron chi connectivity index (χ2n) is 8.62. The summed E-state index contributed by atoms with van der Waals surface area (Å²) in [6, 6.07) is 18.2. The van der Waals surface area contributed by atoms with Gasteiger partial charge in [0.05, 0.1) is 18.0 Å². The number of thiophene rings is 1. The summed E-state index contributed by atoms with van der Waals surface area (Å²) in [6.45, 7) is 7.71. The summed E-state index contributed by atoms with van der Waals surface area (Å²) in [5.41, 5.74) is 4.16. The molecule has 5 nitrogen and oxygen atoms in total. The number of nitrogens with one attached hydrogen (secondary N) is 1. The molecule has 32 heavy (non-hydrogen) atoms. The zero-order valence-electron chi connectivity index (χ0n) is 18.7. The number of hydrogen-bond donors (Lipinski definition) is 2. The number of aliphatic hydroxyl groups excluding tert-OH is 1. The van der Waals surface area contributed by atoms with Gasteiger partial charge in [-0.1, -0.05) is 68.4 Å². The van der Waals surface area contributed by atoms with Gasteiger partial charge in [0, 0.05) is 24.0 Å². The Bertz CT molecular complexity index is 1250. The van der Waals surface area contributed by atoms with Gasteiger partial charge in [-0.3, -0.25) is 9.69 Å². The molecule has 4 aromatic rings. The van der Waals surface area contributed by atoms with Crippen LogP contribution in [-0.2, 0) is 13.1 Å². The first-order valence-electron chi connectivity index (χ1n) is 10.9. The maximum atomic E-state index is 13.1. The number of aromatic nitrogens is 2. The Morgan fingerprint density at radius 1 is 1.03 bits per heavy atom. The van der Waals surface area contributed by atoms with E-state index in [0.717, 1.165) is 27.1 Å². The van der Waals surface area contributed by atoms with Crippen LogP contribution in [0.25, 0.3) is 21.3 Å². The molecular weight excluding hydrogens is 418 g/mol. The van der Waals surface area contributed by atoms with Gasteiger partial charge in [-0.2, -0.15) is 0 Å². The highest BCUT2D eigenvalue weighted by atomic mass is 32.1. The number of aryl methyl sites for hydroxylation is 1. The molecule has 2 N–H and O–H groups in total. The quantitative estimate of drug-likeness (QED) is 0.400. The summed E-state index contributed by atoms with van der Waals surface area (Å²) < 4.78 is 0. The van der Waals surface area contributed by atoms with E-state index >= 15 is 0 Å². The second-order valence-corrected chi connectivity index (χ2v) is 9.48. The van der Waals surface area contributed by atoms with Crippen LogP contribution in [0, 0.1) is 12.8 Å². The van der Waals surface area contributed by atoms with Crippen LogP contribution < -0.4 is 5.56 Å². The summed E-state index contributed by atoms with van der Waals surface area (Å²) in [7, 11) is 0. The zero-order chi connectivity index (χ0) is 22.7.